The van der Waals surface area contributed by atoms with Crippen LogP contribution in [0.15, 0.2) is 84.9 Å². The first-order valence-electron chi connectivity index (χ1n) is 10.6. The minimum absolute atomic E-state index is 0.0795. The summed E-state index contributed by atoms with van der Waals surface area (Å²) >= 11 is 0. The van der Waals surface area contributed by atoms with Crippen LogP contribution in [0, 0.1) is 0 Å². The fraction of sp³-hybridized carbons (Fsp3) is 0.192. The molecule has 1 fully saturated rings. The van der Waals surface area contributed by atoms with E-state index in [1.165, 1.54) is 0 Å². The molecule has 0 spiro atoms. The molecule has 154 valence electrons. The average molecular weight is 409 g/mol. The Labute approximate surface area is 182 Å². The van der Waals surface area contributed by atoms with E-state index in [9.17, 15) is 4.79 Å². The molecule has 0 radical (unpaired) electrons. The Morgan fingerprint density at radius 2 is 1.45 bits per heavy atom. The molecule has 3 aromatic carbocycles. The maximum absolute atomic E-state index is 12.9. The lowest BCUT2D eigenvalue weighted by atomic mass is 10.0. The van der Waals surface area contributed by atoms with E-state index in [2.05, 4.69) is 46.3 Å². The van der Waals surface area contributed by atoms with E-state index in [0.29, 0.717) is 6.54 Å². The van der Waals surface area contributed by atoms with Gasteiger partial charge in [0, 0.05) is 47.6 Å². The normalized spacial score (nSPS) is 16.5. The number of hydrogen-bond acceptors (Lipinski definition) is 4. The molecule has 1 saturated heterocycles. The van der Waals surface area contributed by atoms with Crippen LogP contribution in [0.4, 0.5) is 5.82 Å². The Morgan fingerprint density at radius 1 is 0.806 bits per heavy atom. The number of anilines is 1. The number of piperazine rings is 1. The van der Waals surface area contributed by atoms with E-state index < -0.39 is 0 Å². The van der Waals surface area contributed by atoms with Gasteiger partial charge >= 0.3 is 0 Å². The van der Waals surface area contributed by atoms with Crippen LogP contribution in [0.1, 0.15) is 17.3 Å². The Bertz CT molecular complexity index is 1210. The Balaban J connectivity index is 1.44. The molecule has 1 amide bonds. The zero-order valence-corrected chi connectivity index (χ0v) is 17.5. The molecule has 1 aliphatic heterocycles. The molecule has 0 unspecified atom stereocenters. The molecule has 5 heteroatoms. The van der Waals surface area contributed by atoms with Crippen molar-refractivity contribution in [3.8, 4) is 11.3 Å². The van der Waals surface area contributed by atoms with Crippen LogP contribution >= 0.6 is 0 Å². The Morgan fingerprint density at radius 3 is 2.16 bits per heavy atom. The number of carbonyl (C=O) groups is 1. The summed E-state index contributed by atoms with van der Waals surface area (Å²) in [6.07, 6.45) is 0. The largest absolute Gasteiger partial charge is 0.351 e. The van der Waals surface area contributed by atoms with E-state index in [1.807, 2.05) is 65.6 Å². The molecule has 0 N–H and O–H groups in total. The number of hydrogen-bond donors (Lipinski definition) is 0. The van der Waals surface area contributed by atoms with E-state index in [-0.39, 0.29) is 11.9 Å². The maximum Gasteiger partial charge on any atom is 0.254 e. The number of amides is 1. The monoisotopic (exact) mass is 408 g/mol. The fourth-order valence-corrected chi connectivity index (χ4v) is 4.33. The van der Waals surface area contributed by atoms with Crippen molar-refractivity contribution in [1.29, 1.82) is 0 Å². The fourth-order valence-electron chi connectivity index (χ4n) is 4.33. The summed E-state index contributed by atoms with van der Waals surface area (Å²) < 4.78 is 0. The third-order valence-corrected chi connectivity index (χ3v) is 5.92. The zero-order chi connectivity index (χ0) is 21.2. The van der Waals surface area contributed by atoms with Crippen molar-refractivity contribution < 1.29 is 4.79 Å². The highest BCUT2D eigenvalue weighted by atomic mass is 16.2. The molecule has 2 heterocycles. The number of fused-ring (bicyclic) bond motifs is 1. The van der Waals surface area contributed by atoms with Gasteiger partial charge in [-0.2, -0.15) is 0 Å². The van der Waals surface area contributed by atoms with Crippen LogP contribution in [-0.2, 0) is 0 Å². The smallest absolute Gasteiger partial charge is 0.254 e. The third-order valence-electron chi connectivity index (χ3n) is 5.92. The van der Waals surface area contributed by atoms with Gasteiger partial charge in [-0.3, -0.25) is 4.79 Å². The molecule has 1 aromatic heterocycles. The van der Waals surface area contributed by atoms with Crippen molar-refractivity contribution in [2.75, 3.05) is 24.5 Å². The molecular formula is C26H24N4O. The highest BCUT2D eigenvalue weighted by molar-refractivity contribution is 6.00. The predicted molar refractivity (Wildman–Crippen MR) is 124 cm³/mol. The van der Waals surface area contributed by atoms with Gasteiger partial charge in [0.15, 0.2) is 5.82 Å². The SMILES string of the molecule is C[C@H]1CN(c2nnc(-c3ccccc3)c3ccccc23)CCN1C(=O)c1ccccc1. The highest BCUT2D eigenvalue weighted by Gasteiger charge is 2.29. The number of rotatable bonds is 3. The van der Waals surface area contributed by atoms with Gasteiger partial charge in [0.05, 0.1) is 0 Å². The predicted octanol–water partition coefficient (Wildman–Crippen LogP) is 4.65. The Kier molecular flexibility index (Phi) is 5.08. The van der Waals surface area contributed by atoms with E-state index in [4.69, 9.17) is 0 Å². The number of carbonyl (C=O) groups excluding carboxylic acids is 1. The molecule has 0 saturated carbocycles. The number of benzene rings is 3. The van der Waals surface area contributed by atoms with Crippen LogP contribution < -0.4 is 4.90 Å². The summed E-state index contributed by atoms with van der Waals surface area (Å²) in [5.41, 5.74) is 2.69. The molecule has 0 bridgehead atoms. The van der Waals surface area contributed by atoms with E-state index >= 15 is 0 Å². The van der Waals surface area contributed by atoms with Gasteiger partial charge in [-0.05, 0) is 19.1 Å². The van der Waals surface area contributed by atoms with Crippen molar-refractivity contribution in [3.05, 3.63) is 90.5 Å². The highest BCUT2D eigenvalue weighted by Crippen LogP contribution is 2.32. The van der Waals surface area contributed by atoms with Gasteiger partial charge in [-0.15, -0.1) is 10.2 Å². The standard InChI is InChI=1S/C26H24N4O/c1-19-18-29(16-17-30(19)26(31)21-12-6-3-7-13-21)25-23-15-9-8-14-22(23)24(27-28-25)20-10-4-2-5-11-20/h2-15,19H,16-18H2,1H3/t19-/m0/s1. The van der Waals surface area contributed by atoms with Crippen molar-refractivity contribution in [1.82, 2.24) is 15.1 Å². The van der Waals surface area contributed by atoms with Gasteiger partial charge in [0.1, 0.15) is 5.69 Å². The summed E-state index contributed by atoms with van der Waals surface area (Å²) in [5.74, 6) is 0.969. The molecule has 5 rings (SSSR count). The van der Waals surface area contributed by atoms with Crippen molar-refractivity contribution >= 4 is 22.5 Å². The number of aromatic nitrogens is 2. The van der Waals surface area contributed by atoms with Crippen molar-refractivity contribution in [2.45, 2.75) is 13.0 Å². The lowest BCUT2D eigenvalue weighted by molar-refractivity contribution is 0.0674. The third kappa shape index (κ3) is 3.63. The Hall–Kier alpha value is -3.73. The first-order chi connectivity index (χ1) is 15.2. The lowest BCUT2D eigenvalue weighted by Crippen LogP contribution is -2.54. The summed E-state index contributed by atoms with van der Waals surface area (Å²) in [6, 6.07) is 28.0. The minimum atomic E-state index is 0.0795. The summed E-state index contributed by atoms with van der Waals surface area (Å²) in [7, 11) is 0. The summed E-state index contributed by atoms with van der Waals surface area (Å²) in [4.78, 5) is 17.2. The van der Waals surface area contributed by atoms with Gasteiger partial charge in [-0.1, -0.05) is 72.8 Å². The second kappa shape index (κ2) is 8.19. The van der Waals surface area contributed by atoms with Crippen LogP contribution in [0.5, 0.6) is 0 Å². The van der Waals surface area contributed by atoms with Crippen molar-refractivity contribution in [2.24, 2.45) is 0 Å². The molecular weight excluding hydrogens is 384 g/mol. The van der Waals surface area contributed by atoms with E-state index in [0.717, 1.165) is 46.5 Å². The quantitative estimate of drug-likeness (QED) is 0.495. The summed E-state index contributed by atoms with van der Waals surface area (Å²) in [6.45, 7) is 4.21. The first kappa shape index (κ1) is 19.2. The van der Waals surface area contributed by atoms with Crippen LogP contribution in [0.3, 0.4) is 0 Å². The molecule has 5 nitrogen and oxygen atoms in total. The van der Waals surface area contributed by atoms with Gasteiger partial charge in [-0.25, -0.2) is 0 Å². The van der Waals surface area contributed by atoms with Crippen LogP contribution in [0.25, 0.3) is 22.0 Å². The number of nitrogens with zero attached hydrogens (tertiary/aromatic N) is 4. The topological polar surface area (TPSA) is 49.3 Å². The lowest BCUT2D eigenvalue weighted by Gasteiger charge is -2.40. The average Bonchev–Trinajstić information content (AvgIpc) is 2.84. The molecule has 4 aromatic rings. The van der Waals surface area contributed by atoms with Gasteiger partial charge in [0.2, 0.25) is 0 Å². The zero-order valence-electron chi connectivity index (χ0n) is 17.5. The van der Waals surface area contributed by atoms with Gasteiger partial charge in [0.25, 0.3) is 5.91 Å². The summed E-state index contributed by atoms with van der Waals surface area (Å²) in [5, 5.41) is 11.4. The van der Waals surface area contributed by atoms with Crippen molar-refractivity contribution in [3.63, 3.8) is 0 Å². The molecule has 31 heavy (non-hydrogen) atoms. The minimum Gasteiger partial charge on any atom is -0.351 e. The van der Waals surface area contributed by atoms with Crippen LogP contribution in [0.2, 0.25) is 0 Å². The second-order valence-corrected chi connectivity index (χ2v) is 7.94. The first-order valence-corrected chi connectivity index (χ1v) is 10.6. The second-order valence-electron chi connectivity index (χ2n) is 7.94. The molecule has 1 atom stereocenters. The van der Waals surface area contributed by atoms with Gasteiger partial charge < -0.3 is 9.80 Å². The molecule has 1 aliphatic rings. The van der Waals surface area contributed by atoms with Crippen LogP contribution in [-0.4, -0.2) is 46.7 Å². The molecule has 0 aliphatic carbocycles. The maximum atomic E-state index is 12.9. The van der Waals surface area contributed by atoms with E-state index in [1.54, 1.807) is 0 Å².